The fraction of sp³-hybridized carbons (Fsp3) is 0.214. The summed E-state index contributed by atoms with van der Waals surface area (Å²) in [6.07, 6.45) is 0.815. The van der Waals surface area contributed by atoms with Crippen LogP contribution in [-0.2, 0) is 20.7 Å². The zero-order valence-corrected chi connectivity index (χ0v) is 21.2. The van der Waals surface area contributed by atoms with Gasteiger partial charge in [0.05, 0.1) is 11.5 Å². The molecule has 36 heavy (non-hydrogen) atoms. The molecule has 1 heterocycles. The average molecular weight is 550 g/mol. The molecule has 0 saturated carbocycles. The van der Waals surface area contributed by atoms with Crippen molar-refractivity contribution >= 4 is 45.2 Å². The maximum Gasteiger partial charge on any atom is 0.343 e. The highest BCUT2D eigenvalue weighted by atomic mass is 79.9. The summed E-state index contributed by atoms with van der Waals surface area (Å²) in [4.78, 5) is 51.5. The van der Waals surface area contributed by atoms with Gasteiger partial charge in [-0.05, 0) is 66.6 Å². The Labute approximate surface area is 217 Å². The lowest BCUT2D eigenvalue weighted by atomic mass is 10.1. The number of esters is 2. The molecule has 1 amide bonds. The molecule has 184 valence electrons. The number of amides is 1. The Balaban J connectivity index is 1.30. The van der Waals surface area contributed by atoms with Crippen LogP contribution in [0.5, 0.6) is 5.75 Å². The van der Waals surface area contributed by atoms with E-state index in [0.717, 1.165) is 22.1 Å². The number of carbonyl (C=O) groups excluding carboxylic acids is 4. The third-order valence-corrected chi connectivity index (χ3v) is 6.46. The number of nitrogens with zero attached hydrogens (tertiary/aromatic N) is 1. The van der Waals surface area contributed by atoms with Gasteiger partial charge in [0.2, 0.25) is 5.91 Å². The number of benzene rings is 3. The number of hydrogen-bond donors (Lipinski definition) is 0. The molecule has 1 saturated heterocycles. The number of aryl methyl sites for hydroxylation is 1. The van der Waals surface area contributed by atoms with Crippen molar-refractivity contribution in [2.75, 3.05) is 18.1 Å². The molecule has 0 unspecified atom stereocenters. The normalized spacial score (nSPS) is 15.0. The van der Waals surface area contributed by atoms with Crippen molar-refractivity contribution in [1.82, 2.24) is 0 Å². The molecule has 1 aliphatic rings. The number of carbonyl (C=O) groups is 4. The van der Waals surface area contributed by atoms with Crippen molar-refractivity contribution in [3.05, 3.63) is 94.0 Å². The maximum absolute atomic E-state index is 12.6. The van der Waals surface area contributed by atoms with Gasteiger partial charge in [-0.25, -0.2) is 4.79 Å². The summed E-state index contributed by atoms with van der Waals surface area (Å²) in [7, 11) is 0. The Morgan fingerprint density at radius 3 is 2.31 bits per heavy atom. The van der Waals surface area contributed by atoms with Gasteiger partial charge in [-0.3, -0.25) is 14.4 Å². The van der Waals surface area contributed by atoms with Crippen LogP contribution in [0.2, 0.25) is 0 Å². The minimum absolute atomic E-state index is 0.0451. The molecule has 1 fully saturated rings. The zero-order chi connectivity index (χ0) is 25.7. The van der Waals surface area contributed by atoms with Gasteiger partial charge in [0.1, 0.15) is 5.75 Å². The minimum Gasteiger partial charge on any atom is -0.457 e. The number of ketones is 1. The molecule has 0 N–H and O–H groups in total. The molecule has 1 aliphatic heterocycles. The van der Waals surface area contributed by atoms with Crippen LogP contribution in [0, 0.1) is 5.92 Å². The van der Waals surface area contributed by atoms with E-state index < -0.39 is 30.2 Å². The quantitative estimate of drug-likeness (QED) is 0.223. The van der Waals surface area contributed by atoms with E-state index >= 15 is 0 Å². The van der Waals surface area contributed by atoms with Gasteiger partial charge < -0.3 is 14.4 Å². The van der Waals surface area contributed by atoms with Crippen LogP contribution in [0.25, 0.3) is 0 Å². The lowest BCUT2D eigenvalue weighted by Gasteiger charge is -2.19. The predicted molar refractivity (Wildman–Crippen MR) is 137 cm³/mol. The highest BCUT2D eigenvalue weighted by Crippen LogP contribution is 2.29. The van der Waals surface area contributed by atoms with Gasteiger partial charge in [-0.2, -0.15) is 0 Å². The summed E-state index contributed by atoms with van der Waals surface area (Å²) in [5.41, 5.74) is 2.54. The maximum atomic E-state index is 12.6. The fourth-order valence-corrected chi connectivity index (χ4v) is 4.23. The lowest BCUT2D eigenvalue weighted by Crippen LogP contribution is -2.28. The number of para-hydroxylation sites is 1. The van der Waals surface area contributed by atoms with Crippen molar-refractivity contribution in [3.63, 3.8) is 0 Å². The Morgan fingerprint density at radius 2 is 1.61 bits per heavy atom. The van der Waals surface area contributed by atoms with E-state index in [1.54, 1.807) is 29.2 Å². The van der Waals surface area contributed by atoms with Crippen molar-refractivity contribution in [2.45, 2.75) is 19.8 Å². The van der Waals surface area contributed by atoms with Gasteiger partial charge in [0.15, 0.2) is 12.4 Å². The number of rotatable bonds is 8. The molecule has 3 aromatic rings. The summed E-state index contributed by atoms with van der Waals surface area (Å²) >= 11 is 3.31. The molecule has 0 aromatic heterocycles. The predicted octanol–water partition coefficient (Wildman–Crippen LogP) is 5.01. The first-order valence-corrected chi connectivity index (χ1v) is 12.3. The largest absolute Gasteiger partial charge is 0.457 e. The second kappa shape index (κ2) is 11.3. The van der Waals surface area contributed by atoms with Crippen molar-refractivity contribution in [2.24, 2.45) is 5.92 Å². The van der Waals surface area contributed by atoms with Crippen LogP contribution in [-0.4, -0.2) is 36.8 Å². The van der Waals surface area contributed by atoms with Crippen LogP contribution in [0.4, 0.5) is 5.69 Å². The molecular weight excluding hydrogens is 526 g/mol. The summed E-state index contributed by atoms with van der Waals surface area (Å²) in [5, 5.41) is 0. The lowest BCUT2D eigenvalue weighted by molar-refractivity contribution is -0.147. The van der Waals surface area contributed by atoms with Gasteiger partial charge >= 0.3 is 11.9 Å². The SMILES string of the molecule is CCc1ccccc1N1C[C@H](C(=O)OCC(=O)c2ccc(OC(=O)c3ccc(Br)cc3)cc2)CC1=O. The van der Waals surface area contributed by atoms with Crippen molar-refractivity contribution in [1.29, 1.82) is 0 Å². The standard InChI is InChI=1S/C28H24BrNO6/c1-2-18-5-3-4-6-24(18)30-16-21(15-26(30)32)27(33)35-17-25(31)19-9-13-23(14-10-19)36-28(34)20-7-11-22(29)12-8-20/h3-14,21H,2,15-17H2,1H3/t21-/m1/s1. The molecular formula is C28H24BrNO6. The van der Waals surface area contributed by atoms with Gasteiger partial charge in [0, 0.05) is 28.7 Å². The van der Waals surface area contributed by atoms with E-state index in [1.807, 2.05) is 31.2 Å². The number of Topliss-reactive ketones (excluding diaryl/α,β-unsaturated/α-hetero) is 1. The summed E-state index contributed by atoms with van der Waals surface area (Å²) < 4.78 is 11.4. The van der Waals surface area contributed by atoms with E-state index in [-0.39, 0.29) is 24.6 Å². The van der Waals surface area contributed by atoms with E-state index in [4.69, 9.17) is 9.47 Å². The van der Waals surface area contributed by atoms with Crippen LogP contribution in [0.1, 0.15) is 39.6 Å². The number of halogens is 1. The topological polar surface area (TPSA) is 90.0 Å². The van der Waals surface area contributed by atoms with E-state index in [9.17, 15) is 19.2 Å². The van der Waals surface area contributed by atoms with Crippen LogP contribution < -0.4 is 9.64 Å². The van der Waals surface area contributed by atoms with E-state index in [0.29, 0.717) is 11.1 Å². The number of ether oxygens (including phenoxy) is 2. The molecule has 1 atom stereocenters. The summed E-state index contributed by atoms with van der Waals surface area (Å²) in [5.74, 6) is -1.97. The first kappa shape index (κ1) is 25.3. The molecule has 0 radical (unpaired) electrons. The smallest absolute Gasteiger partial charge is 0.343 e. The molecule has 0 bridgehead atoms. The Bertz CT molecular complexity index is 1290. The molecule has 7 nitrogen and oxygen atoms in total. The number of anilines is 1. The van der Waals surface area contributed by atoms with Crippen LogP contribution in [0.15, 0.2) is 77.3 Å². The number of hydrogen-bond acceptors (Lipinski definition) is 6. The van der Waals surface area contributed by atoms with Crippen LogP contribution in [0.3, 0.4) is 0 Å². The Morgan fingerprint density at radius 1 is 0.944 bits per heavy atom. The van der Waals surface area contributed by atoms with E-state index in [1.165, 1.54) is 24.3 Å². The average Bonchev–Trinajstić information content (AvgIpc) is 3.29. The first-order chi connectivity index (χ1) is 17.4. The van der Waals surface area contributed by atoms with Crippen LogP contribution >= 0.6 is 15.9 Å². The van der Waals surface area contributed by atoms with Gasteiger partial charge in [-0.15, -0.1) is 0 Å². The fourth-order valence-electron chi connectivity index (χ4n) is 3.97. The monoisotopic (exact) mass is 549 g/mol. The highest BCUT2D eigenvalue weighted by Gasteiger charge is 2.37. The van der Waals surface area contributed by atoms with E-state index in [2.05, 4.69) is 15.9 Å². The Hall–Kier alpha value is -3.78. The molecule has 0 spiro atoms. The molecule has 4 rings (SSSR count). The summed E-state index contributed by atoms with van der Waals surface area (Å²) in [6, 6.07) is 20.4. The molecule has 0 aliphatic carbocycles. The second-order valence-electron chi connectivity index (χ2n) is 8.34. The second-order valence-corrected chi connectivity index (χ2v) is 9.26. The van der Waals surface area contributed by atoms with Gasteiger partial charge in [0.25, 0.3) is 0 Å². The Kier molecular flexibility index (Phi) is 7.95. The minimum atomic E-state index is -0.629. The van der Waals surface area contributed by atoms with Crippen molar-refractivity contribution < 1.29 is 28.7 Å². The van der Waals surface area contributed by atoms with Crippen molar-refractivity contribution in [3.8, 4) is 5.75 Å². The first-order valence-electron chi connectivity index (χ1n) is 11.5. The molecule has 8 heteroatoms. The summed E-state index contributed by atoms with van der Waals surface area (Å²) in [6.45, 7) is 1.80. The molecule has 3 aromatic carbocycles. The third-order valence-electron chi connectivity index (χ3n) is 5.93. The third kappa shape index (κ3) is 5.88. The zero-order valence-electron chi connectivity index (χ0n) is 19.6. The van der Waals surface area contributed by atoms with Gasteiger partial charge in [-0.1, -0.05) is 41.1 Å². The highest BCUT2D eigenvalue weighted by molar-refractivity contribution is 9.10.